The molecule has 0 unspecified atom stereocenters. The fraction of sp³-hybridized carbons (Fsp3) is 0.308. The fourth-order valence-electron chi connectivity index (χ4n) is 1.21. The summed E-state index contributed by atoms with van der Waals surface area (Å²) in [5, 5.41) is 11.9. The number of nitrogens with one attached hydrogen (secondary N) is 1. The van der Waals surface area contributed by atoms with E-state index in [2.05, 4.69) is 23.2 Å². The Kier molecular flexibility index (Phi) is 5.01. The summed E-state index contributed by atoms with van der Waals surface area (Å²) in [7, 11) is 0. The van der Waals surface area contributed by atoms with E-state index in [0.717, 1.165) is 19.5 Å². The number of nitrogens with zero attached hydrogens (tertiary/aromatic N) is 1. The largest absolute Gasteiger partial charge is 0.312 e. The molecule has 0 bridgehead atoms. The minimum Gasteiger partial charge on any atom is -0.312 e. The van der Waals surface area contributed by atoms with Crippen LogP contribution >= 0.6 is 0 Å². The summed E-state index contributed by atoms with van der Waals surface area (Å²) in [4.78, 5) is 0. The van der Waals surface area contributed by atoms with Crippen LogP contribution in [-0.4, -0.2) is 6.54 Å². The molecule has 0 saturated heterocycles. The maximum atomic E-state index is 8.62. The standard InChI is InChI=1S/C13H14N2/c1-2-3-4-9-15-11-13-7-5-12(10-14)6-8-13/h5-8,15H,4,9,11H2,1H3. The van der Waals surface area contributed by atoms with Gasteiger partial charge in [0.05, 0.1) is 11.6 Å². The Morgan fingerprint density at radius 2 is 2.00 bits per heavy atom. The molecule has 0 heterocycles. The molecule has 2 heteroatoms. The van der Waals surface area contributed by atoms with Crippen molar-refractivity contribution in [2.75, 3.05) is 6.54 Å². The van der Waals surface area contributed by atoms with E-state index in [0.29, 0.717) is 5.56 Å². The molecule has 0 aliphatic heterocycles. The molecule has 15 heavy (non-hydrogen) atoms. The first-order chi connectivity index (χ1) is 7.36. The van der Waals surface area contributed by atoms with Crippen molar-refractivity contribution in [3.63, 3.8) is 0 Å². The average Bonchev–Trinajstić information content (AvgIpc) is 2.30. The fourth-order valence-corrected chi connectivity index (χ4v) is 1.21. The average molecular weight is 198 g/mol. The molecule has 0 amide bonds. The Hall–Kier alpha value is -1.77. The van der Waals surface area contributed by atoms with Gasteiger partial charge in [-0.2, -0.15) is 5.26 Å². The van der Waals surface area contributed by atoms with Gasteiger partial charge in [-0.3, -0.25) is 0 Å². The van der Waals surface area contributed by atoms with Crippen molar-refractivity contribution in [3.8, 4) is 17.9 Å². The van der Waals surface area contributed by atoms with Gasteiger partial charge < -0.3 is 5.32 Å². The van der Waals surface area contributed by atoms with Gasteiger partial charge in [-0.05, 0) is 24.6 Å². The van der Waals surface area contributed by atoms with Crippen molar-refractivity contribution < 1.29 is 0 Å². The highest BCUT2D eigenvalue weighted by molar-refractivity contribution is 5.31. The van der Waals surface area contributed by atoms with Crippen LogP contribution in [0.15, 0.2) is 24.3 Å². The Bertz CT molecular complexity index is 387. The van der Waals surface area contributed by atoms with E-state index in [-0.39, 0.29) is 0 Å². The smallest absolute Gasteiger partial charge is 0.0991 e. The van der Waals surface area contributed by atoms with Crippen molar-refractivity contribution in [2.24, 2.45) is 0 Å². The molecule has 1 N–H and O–H groups in total. The van der Waals surface area contributed by atoms with E-state index in [9.17, 15) is 0 Å². The van der Waals surface area contributed by atoms with E-state index in [1.807, 2.05) is 31.2 Å². The van der Waals surface area contributed by atoms with Gasteiger partial charge in [0.25, 0.3) is 0 Å². The van der Waals surface area contributed by atoms with Gasteiger partial charge in [-0.1, -0.05) is 12.1 Å². The van der Waals surface area contributed by atoms with Gasteiger partial charge in [0.1, 0.15) is 0 Å². The topological polar surface area (TPSA) is 35.8 Å². The van der Waals surface area contributed by atoms with Crippen molar-refractivity contribution >= 4 is 0 Å². The monoisotopic (exact) mass is 198 g/mol. The first-order valence-electron chi connectivity index (χ1n) is 4.96. The number of hydrogen-bond acceptors (Lipinski definition) is 2. The normalized spacial score (nSPS) is 8.80. The molecule has 0 saturated carbocycles. The van der Waals surface area contributed by atoms with Crippen LogP contribution in [0.25, 0.3) is 0 Å². The van der Waals surface area contributed by atoms with E-state index in [1.54, 1.807) is 0 Å². The Morgan fingerprint density at radius 1 is 1.27 bits per heavy atom. The molecule has 1 aromatic carbocycles. The molecular formula is C13H14N2. The van der Waals surface area contributed by atoms with E-state index < -0.39 is 0 Å². The summed E-state index contributed by atoms with van der Waals surface area (Å²) in [5.41, 5.74) is 1.90. The molecule has 1 aromatic rings. The van der Waals surface area contributed by atoms with Gasteiger partial charge >= 0.3 is 0 Å². The molecule has 1 rings (SSSR count). The number of hydrogen-bond donors (Lipinski definition) is 1. The lowest BCUT2D eigenvalue weighted by Gasteiger charge is -2.02. The second-order valence-corrected chi connectivity index (χ2v) is 3.16. The highest BCUT2D eigenvalue weighted by Gasteiger charge is 1.92. The quantitative estimate of drug-likeness (QED) is 0.593. The molecule has 0 aliphatic carbocycles. The SMILES string of the molecule is CC#CCCNCc1ccc(C#N)cc1. The summed E-state index contributed by atoms with van der Waals surface area (Å²) in [6.45, 7) is 3.58. The van der Waals surface area contributed by atoms with Crippen molar-refractivity contribution in [1.82, 2.24) is 5.32 Å². The van der Waals surface area contributed by atoms with Crippen molar-refractivity contribution in [1.29, 1.82) is 5.26 Å². The van der Waals surface area contributed by atoms with Crippen LogP contribution in [0.4, 0.5) is 0 Å². The van der Waals surface area contributed by atoms with Crippen LogP contribution in [-0.2, 0) is 6.54 Å². The van der Waals surface area contributed by atoms with Gasteiger partial charge in [-0.15, -0.1) is 11.8 Å². The highest BCUT2D eigenvalue weighted by atomic mass is 14.8. The zero-order valence-corrected chi connectivity index (χ0v) is 8.88. The van der Waals surface area contributed by atoms with Gasteiger partial charge in [0.2, 0.25) is 0 Å². The molecule has 0 aliphatic rings. The van der Waals surface area contributed by atoms with Crippen molar-refractivity contribution in [2.45, 2.75) is 19.9 Å². The number of rotatable bonds is 4. The third-order valence-electron chi connectivity index (χ3n) is 2.02. The van der Waals surface area contributed by atoms with Crippen LogP contribution in [0.2, 0.25) is 0 Å². The zero-order chi connectivity index (χ0) is 10.9. The van der Waals surface area contributed by atoms with Crippen LogP contribution < -0.4 is 5.32 Å². The van der Waals surface area contributed by atoms with Gasteiger partial charge in [0.15, 0.2) is 0 Å². The predicted molar refractivity (Wildman–Crippen MR) is 60.9 cm³/mol. The highest BCUT2D eigenvalue weighted by Crippen LogP contribution is 2.02. The maximum Gasteiger partial charge on any atom is 0.0991 e. The van der Waals surface area contributed by atoms with E-state index in [4.69, 9.17) is 5.26 Å². The Morgan fingerprint density at radius 3 is 2.60 bits per heavy atom. The minimum atomic E-state index is 0.704. The summed E-state index contributed by atoms with van der Waals surface area (Å²) in [6, 6.07) is 9.71. The zero-order valence-electron chi connectivity index (χ0n) is 8.88. The predicted octanol–water partition coefficient (Wildman–Crippen LogP) is 2.06. The number of benzene rings is 1. The minimum absolute atomic E-state index is 0.704. The van der Waals surface area contributed by atoms with Crippen LogP contribution in [0.5, 0.6) is 0 Å². The second kappa shape index (κ2) is 6.65. The molecule has 0 fully saturated rings. The lowest BCUT2D eigenvalue weighted by atomic mass is 10.1. The molecule has 0 atom stereocenters. The van der Waals surface area contributed by atoms with Crippen LogP contribution in [0.1, 0.15) is 24.5 Å². The lowest BCUT2D eigenvalue weighted by molar-refractivity contribution is 0.701. The van der Waals surface area contributed by atoms with E-state index in [1.165, 1.54) is 5.56 Å². The molecule has 0 radical (unpaired) electrons. The summed E-state index contributed by atoms with van der Waals surface area (Å²) < 4.78 is 0. The van der Waals surface area contributed by atoms with Gasteiger partial charge in [0, 0.05) is 19.5 Å². The first-order valence-corrected chi connectivity index (χ1v) is 4.96. The molecule has 2 nitrogen and oxygen atoms in total. The van der Waals surface area contributed by atoms with Crippen molar-refractivity contribution in [3.05, 3.63) is 35.4 Å². The molecule has 0 aromatic heterocycles. The Labute approximate surface area is 90.9 Å². The summed E-state index contributed by atoms with van der Waals surface area (Å²) >= 11 is 0. The lowest BCUT2D eigenvalue weighted by Crippen LogP contribution is -2.13. The third kappa shape index (κ3) is 4.31. The maximum absolute atomic E-state index is 8.62. The summed E-state index contributed by atoms with van der Waals surface area (Å²) in [5.74, 6) is 5.85. The third-order valence-corrected chi connectivity index (χ3v) is 2.02. The summed E-state index contributed by atoms with van der Waals surface area (Å²) in [6.07, 6.45) is 0.882. The van der Waals surface area contributed by atoms with Crippen LogP contribution in [0, 0.1) is 23.2 Å². The van der Waals surface area contributed by atoms with E-state index >= 15 is 0 Å². The molecule has 76 valence electrons. The molecule has 0 spiro atoms. The number of nitriles is 1. The van der Waals surface area contributed by atoms with Crippen LogP contribution in [0.3, 0.4) is 0 Å². The Balaban J connectivity index is 2.31. The second-order valence-electron chi connectivity index (χ2n) is 3.16. The first kappa shape index (κ1) is 11.3. The molecular weight excluding hydrogens is 184 g/mol. The van der Waals surface area contributed by atoms with Gasteiger partial charge in [-0.25, -0.2) is 0 Å².